The first-order valence-corrected chi connectivity index (χ1v) is 5.56. The lowest BCUT2D eigenvalue weighted by molar-refractivity contribution is -0.152. The number of carbonyl (C=O) groups is 1. The van der Waals surface area contributed by atoms with E-state index < -0.39 is 5.41 Å². The molecule has 0 aliphatic heterocycles. The minimum absolute atomic E-state index is 0.0785. The molecule has 1 aromatic rings. The van der Waals surface area contributed by atoms with Gasteiger partial charge in [0.2, 0.25) is 0 Å². The van der Waals surface area contributed by atoms with Crippen molar-refractivity contribution < 1.29 is 9.53 Å². The van der Waals surface area contributed by atoms with Gasteiger partial charge in [-0.05, 0) is 30.5 Å². The Balaban J connectivity index is 2.34. The first-order chi connectivity index (χ1) is 7.58. The lowest BCUT2D eigenvalue weighted by Crippen LogP contribution is -2.54. The Morgan fingerprint density at radius 2 is 2.00 bits per heavy atom. The Morgan fingerprint density at radius 3 is 2.44 bits per heavy atom. The van der Waals surface area contributed by atoms with Crippen LogP contribution < -0.4 is 5.73 Å². The summed E-state index contributed by atoms with van der Waals surface area (Å²) in [5.74, 6) is -0.212. The maximum absolute atomic E-state index is 11.8. The fourth-order valence-electron chi connectivity index (χ4n) is 2.32. The highest BCUT2D eigenvalue weighted by Crippen LogP contribution is 2.44. The zero-order valence-corrected chi connectivity index (χ0v) is 9.83. The Hall–Kier alpha value is -1.06. The molecule has 3 nitrogen and oxygen atoms in total. The number of hydrogen-bond donors (Lipinski definition) is 1. The molecule has 0 bridgehead atoms. The molecule has 0 amide bonds. The van der Waals surface area contributed by atoms with Gasteiger partial charge in [0.1, 0.15) is 0 Å². The maximum atomic E-state index is 11.8. The van der Waals surface area contributed by atoms with E-state index in [1.54, 1.807) is 12.1 Å². The van der Waals surface area contributed by atoms with Gasteiger partial charge in [-0.2, -0.15) is 0 Å². The molecule has 1 aliphatic carbocycles. The molecule has 0 atom stereocenters. The van der Waals surface area contributed by atoms with Crippen LogP contribution in [0.1, 0.15) is 18.4 Å². The minimum atomic E-state index is -0.557. The van der Waals surface area contributed by atoms with Gasteiger partial charge in [-0.15, -0.1) is 0 Å². The molecule has 0 aromatic heterocycles. The molecule has 0 spiro atoms. The van der Waals surface area contributed by atoms with Gasteiger partial charge < -0.3 is 10.5 Å². The van der Waals surface area contributed by atoms with Crippen molar-refractivity contribution in [2.24, 2.45) is 5.73 Å². The molecular weight excluding hydrogens is 226 g/mol. The van der Waals surface area contributed by atoms with Crippen LogP contribution >= 0.6 is 11.6 Å². The number of rotatable bonds is 2. The maximum Gasteiger partial charge on any atom is 0.316 e. The van der Waals surface area contributed by atoms with Gasteiger partial charge in [0.05, 0.1) is 12.5 Å². The number of methoxy groups -OCH3 is 1. The fraction of sp³-hybridized carbons (Fsp3) is 0.417. The van der Waals surface area contributed by atoms with E-state index in [0.717, 1.165) is 5.56 Å². The number of halogens is 1. The van der Waals surface area contributed by atoms with Crippen molar-refractivity contribution in [3.8, 4) is 0 Å². The molecule has 2 N–H and O–H groups in total. The van der Waals surface area contributed by atoms with Crippen LogP contribution in [0.5, 0.6) is 0 Å². The summed E-state index contributed by atoms with van der Waals surface area (Å²) in [4.78, 5) is 11.8. The second-order valence-electron chi connectivity index (χ2n) is 4.25. The van der Waals surface area contributed by atoms with E-state index in [1.807, 2.05) is 12.1 Å². The third-order valence-corrected chi connectivity index (χ3v) is 3.45. The van der Waals surface area contributed by atoms with Gasteiger partial charge in [-0.1, -0.05) is 23.7 Å². The Kier molecular flexibility index (Phi) is 2.91. The minimum Gasteiger partial charge on any atom is -0.468 e. The van der Waals surface area contributed by atoms with Crippen LogP contribution in [0.15, 0.2) is 24.3 Å². The highest BCUT2D eigenvalue weighted by Gasteiger charge is 2.51. The molecular formula is C12H14ClNO2. The highest BCUT2D eigenvalue weighted by atomic mass is 35.5. The molecule has 0 unspecified atom stereocenters. The SMILES string of the molecule is COC(=O)C1(c2ccc(Cl)cc2)CC(N)C1. The van der Waals surface area contributed by atoms with E-state index in [0.29, 0.717) is 17.9 Å². The van der Waals surface area contributed by atoms with Gasteiger partial charge in [-0.3, -0.25) is 4.79 Å². The van der Waals surface area contributed by atoms with Crippen LogP contribution in [0.25, 0.3) is 0 Å². The summed E-state index contributed by atoms with van der Waals surface area (Å²) in [5.41, 5.74) is 6.16. The summed E-state index contributed by atoms with van der Waals surface area (Å²) >= 11 is 5.82. The number of nitrogens with two attached hydrogens (primary N) is 1. The van der Waals surface area contributed by atoms with Crippen molar-refractivity contribution >= 4 is 17.6 Å². The number of ether oxygens (including phenoxy) is 1. The van der Waals surface area contributed by atoms with Gasteiger partial charge in [-0.25, -0.2) is 0 Å². The van der Waals surface area contributed by atoms with Crippen LogP contribution in [0.4, 0.5) is 0 Å². The van der Waals surface area contributed by atoms with E-state index >= 15 is 0 Å². The standard InChI is InChI=1S/C12H14ClNO2/c1-16-11(15)12(6-10(14)7-12)8-2-4-9(13)5-3-8/h2-5,10H,6-7,14H2,1H3. The number of carbonyl (C=O) groups excluding carboxylic acids is 1. The van der Waals surface area contributed by atoms with Crippen molar-refractivity contribution in [2.45, 2.75) is 24.3 Å². The van der Waals surface area contributed by atoms with E-state index in [4.69, 9.17) is 22.1 Å². The smallest absolute Gasteiger partial charge is 0.316 e. The molecule has 2 rings (SSSR count). The van der Waals surface area contributed by atoms with E-state index in [9.17, 15) is 4.79 Å². The third-order valence-electron chi connectivity index (χ3n) is 3.19. The van der Waals surface area contributed by atoms with Crippen molar-refractivity contribution in [2.75, 3.05) is 7.11 Å². The predicted molar refractivity (Wildman–Crippen MR) is 62.4 cm³/mol. The summed E-state index contributed by atoms with van der Waals surface area (Å²) in [6.45, 7) is 0. The first kappa shape index (κ1) is 11.4. The van der Waals surface area contributed by atoms with Gasteiger partial charge in [0.15, 0.2) is 0 Å². The van der Waals surface area contributed by atoms with Gasteiger partial charge in [0.25, 0.3) is 0 Å². The summed E-state index contributed by atoms with van der Waals surface area (Å²) in [6, 6.07) is 7.38. The molecule has 0 saturated heterocycles. The summed E-state index contributed by atoms with van der Waals surface area (Å²) < 4.78 is 4.86. The van der Waals surface area contributed by atoms with E-state index in [-0.39, 0.29) is 12.0 Å². The van der Waals surface area contributed by atoms with Crippen LogP contribution in [-0.2, 0) is 14.9 Å². The molecule has 0 radical (unpaired) electrons. The lowest BCUT2D eigenvalue weighted by Gasteiger charge is -2.43. The molecule has 1 fully saturated rings. The second kappa shape index (κ2) is 4.07. The Labute approximate surface area is 99.5 Å². The molecule has 0 heterocycles. The third kappa shape index (κ3) is 1.70. The molecule has 16 heavy (non-hydrogen) atoms. The molecule has 1 saturated carbocycles. The predicted octanol–water partition coefficient (Wildman–Crippen LogP) is 1.87. The summed E-state index contributed by atoms with van der Waals surface area (Å²) in [7, 11) is 1.41. The van der Waals surface area contributed by atoms with Gasteiger partial charge in [0, 0.05) is 11.1 Å². The largest absolute Gasteiger partial charge is 0.468 e. The summed E-state index contributed by atoms with van der Waals surface area (Å²) in [6.07, 6.45) is 1.28. The van der Waals surface area contributed by atoms with Crippen molar-refractivity contribution in [1.29, 1.82) is 0 Å². The number of benzene rings is 1. The number of hydrogen-bond acceptors (Lipinski definition) is 3. The van der Waals surface area contributed by atoms with Crippen LogP contribution in [0.2, 0.25) is 5.02 Å². The quantitative estimate of drug-likeness (QED) is 0.802. The normalized spacial score (nSPS) is 28.3. The van der Waals surface area contributed by atoms with Gasteiger partial charge >= 0.3 is 5.97 Å². The number of esters is 1. The zero-order chi connectivity index (χ0) is 11.8. The zero-order valence-electron chi connectivity index (χ0n) is 9.07. The van der Waals surface area contributed by atoms with E-state index in [1.165, 1.54) is 7.11 Å². The molecule has 1 aromatic carbocycles. The first-order valence-electron chi connectivity index (χ1n) is 5.18. The molecule has 4 heteroatoms. The highest BCUT2D eigenvalue weighted by molar-refractivity contribution is 6.30. The second-order valence-corrected chi connectivity index (χ2v) is 4.69. The topological polar surface area (TPSA) is 52.3 Å². The van der Waals surface area contributed by atoms with Crippen molar-refractivity contribution in [1.82, 2.24) is 0 Å². The summed E-state index contributed by atoms with van der Waals surface area (Å²) in [5, 5.41) is 0.660. The van der Waals surface area contributed by atoms with E-state index in [2.05, 4.69) is 0 Å². The lowest BCUT2D eigenvalue weighted by atomic mass is 9.62. The van der Waals surface area contributed by atoms with Crippen molar-refractivity contribution in [3.63, 3.8) is 0 Å². The fourth-order valence-corrected chi connectivity index (χ4v) is 2.45. The monoisotopic (exact) mass is 239 g/mol. The van der Waals surface area contributed by atoms with Crippen LogP contribution in [-0.4, -0.2) is 19.1 Å². The van der Waals surface area contributed by atoms with Crippen molar-refractivity contribution in [3.05, 3.63) is 34.9 Å². The van der Waals surface area contributed by atoms with Crippen LogP contribution in [0, 0.1) is 0 Å². The Bertz CT molecular complexity index is 396. The average molecular weight is 240 g/mol. The molecule has 1 aliphatic rings. The molecule has 86 valence electrons. The van der Waals surface area contributed by atoms with Crippen LogP contribution in [0.3, 0.4) is 0 Å². The Morgan fingerprint density at radius 1 is 1.44 bits per heavy atom. The average Bonchev–Trinajstić information content (AvgIpc) is 2.25.